The zero-order valence-electron chi connectivity index (χ0n) is 20.0. The molecule has 0 bridgehead atoms. The van der Waals surface area contributed by atoms with Crippen LogP contribution >= 0.6 is 0 Å². The molecule has 36 heavy (non-hydrogen) atoms. The second-order valence-electron chi connectivity index (χ2n) is 8.43. The number of oxazole rings is 1. The van der Waals surface area contributed by atoms with Gasteiger partial charge in [-0.1, -0.05) is 18.2 Å². The van der Waals surface area contributed by atoms with Crippen molar-refractivity contribution in [2.75, 3.05) is 13.2 Å². The first-order valence-electron chi connectivity index (χ1n) is 11.7. The van der Waals surface area contributed by atoms with Crippen molar-refractivity contribution >= 4 is 5.97 Å². The molecule has 1 saturated carbocycles. The minimum atomic E-state index is -3.00. The van der Waals surface area contributed by atoms with E-state index in [2.05, 4.69) is 9.72 Å². The molecule has 1 aliphatic rings. The van der Waals surface area contributed by atoms with Crippen LogP contribution in [-0.4, -0.2) is 30.8 Å². The fraction of sp³-hybridized carbons (Fsp3) is 0.385. The largest absolute Gasteiger partial charge is 0.493 e. The summed E-state index contributed by atoms with van der Waals surface area (Å²) in [5, 5.41) is 0. The molecule has 10 heteroatoms. The van der Waals surface area contributed by atoms with Crippen LogP contribution in [0.2, 0.25) is 0 Å². The molecule has 3 aromatic rings. The molecule has 1 heterocycles. The summed E-state index contributed by atoms with van der Waals surface area (Å²) in [5.74, 6) is 0.550. The Morgan fingerprint density at radius 1 is 1.14 bits per heavy atom. The number of nitrogens with zero attached hydrogens (tertiary/aromatic N) is 1. The lowest BCUT2D eigenvalue weighted by Gasteiger charge is -2.12. The monoisotopic (exact) mass is 502 g/mol. The molecule has 0 unspecified atom stereocenters. The van der Waals surface area contributed by atoms with Gasteiger partial charge in [0.2, 0.25) is 5.89 Å². The van der Waals surface area contributed by atoms with E-state index in [0.717, 1.165) is 12.8 Å². The fourth-order valence-corrected chi connectivity index (χ4v) is 3.48. The topological polar surface area (TPSA) is 106 Å². The quantitative estimate of drug-likeness (QED) is 0.323. The molecule has 0 amide bonds. The van der Waals surface area contributed by atoms with E-state index in [9.17, 15) is 13.6 Å². The number of hydrogen-bond acceptors (Lipinski definition) is 8. The Hall–Kier alpha value is -3.66. The van der Waals surface area contributed by atoms with Gasteiger partial charge in [-0.15, -0.1) is 0 Å². The molecule has 1 atom stereocenters. The Morgan fingerprint density at radius 2 is 1.92 bits per heavy atom. The van der Waals surface area contributed by atoms with Gasteiger partial charge in [0.25, 0.3) is 0 Å². The van der Waals surface area contributed by atoms with Crippen molar-refractivity contribution in [1.82, 2.24) is 4.98 Å². The van der Waals surface area contributed by atoms with Gasteiger partial charge in [0.15, 0.2) is 23.0 Å². The third-order valence-corrected chi connectivity index (χ3v) is 5.47. The molecule has 8 nitrogen and oxygen atoms in total. The van der Waals surface area contributed by atoms with E-state index in [4.69, 9.17) is 24.4 Å². The minimum Gasteiger partial charge on any atom is -0.493 e. The third-order valence-electron chi connectivity index (χ3n) is 5.47. The van der Waals surface area contributed by atoms with E-state index < -0.39 is 18.6 Å². The Kier molecular flexibility index (Phi) is 8.04. The van der Waals surface area contributed by atoms with Crippen molar-refractivity contribution in [3.63, 3.8) is 0 Å². The van der Waals surface area contributed by atoms with Crippen molar-refractivity contribution < 1.29 is 36.9 Å². The highest BCUT2D eigenvalue weighted by molar-refractivity contribution is 5.89. The molecule has 1 aromatic heterocycles. The van der Waals surface area contributed by atoms with Crippen molar-refractivity contribution in [3.8, 4) is 28.7 Å². The zero-order chi connectivity index (χ0) is 25.7. The zero-order valence-corrected chi connectivity index (χ0v) is 20.0. The molecule has 2 aromatic carbocycles. The van der Waals surface area contributed by atoms with Crippen LogP contribution in [0.3, 0.4) is 0 Å². The maximum absolute atomic E-state index is 12.9. The number of nitrogens with two attached hydrogens (primary N) is 1. The van der Waals surface area contributed by atoms with Crippen molar-refractivity contribution in [2.45, 2.75) is 45.9 Å². The Bertz CT molecular complexity index is 1190. The summed E-state index contributed by atoms with van der Waals surface area (Å²) >= 11 is 0. The van der Waals surface area contributed by atoms with Gasteiger partial charge >= 0.3 is 12.6 Å². The van der Waals surface area contributed by atoms with Gasteiger partial charge in [-0.3, -0.25) is 0 Å². The molecule has 4 rings (SSSR count). The Balaban J connectivity index is 1.57. The summed E-state index contributed by atoms with van der Waals surface area (Å²) in [7, 11) is 0. The molecule has 2 N–H and O–H groups in total. The number of halogens is 2. The van der Waals surface area contributed by atoms with Gasteiger partial charge in [0.1, 0.15) is 12.4 Å². The maximum Gasteiger partial charge on any atom is 0.387 e. The predicted molar refractivity (Wildman–Crippen MR) is 126 cm³/mol. The number of carbonyl (C=O) groups is 1. The summed E-state index contributed by atoms with van der Waals surface area (Å²) in [6.07, 6.45) is 2.06. The van der Waals surface area contributed by atoms with Crippen molar-refractivity contribution in [2.24, 2.45) is 11.7 Å². The first kappa shape index (κ1) is 25.4. The summed E-state index contributed by atoms with van der Waals surface area (Å²) in [6.45, 7) is 1.34. The molecule has 1 fully saturated rings. The van der Waals surface area contributed by atoms with Gasteiger partial charge in [-0.05, 0) is 56.9 Å². The number of alkyl halides is 2. The van der Waals surface area contributed by atoms with E-state index in [1.807, 2.05) is 19.1 Å². The number of rotatable bonds is 12. The van der Waals surface area contributed by atoms with Crippen LogP contribution in [0.15, 0.2) is 46.9 Å². The standard InChI is InChI=1S/C26H28F2N2O6/c1-3-32-19-7-5-4-6-18(19)14-34-25(31)22-23(15(2)29)36-24(30-22)17-10-11-20(35-26(27)28)21(12-17)33-13-16-8-9-16/h4-7,10-12,15-16,26H,3,8-9,13-14,29H2,1-2H3/t15-/m0/s1. The van der Waals surface area contributed by atoms with Crippen molar-refractivity contribution in [3.05, 3.63) is 59.5 Å². The van der Waals surface area contributed by atoms with E-state index in [1.165, 1.54) is 18.2 Å². The average molecular weight is 503 g/mol. The smallest absolute Gasteiger partial charge is 0.387 e. The van der Waals surface area contributed by atoms with Crippen LogP contribution in [0.5, 0.6) is 17.2 Å². The van der Waals surface area contributed by atoms with Crippen LogP contribution in [0, 0.1) is 5.92 Å². The second kappa shape index (κ2) is 11.4. The molecular weight excluding hydrogens is 474 g/mol. The summed E-state index contributed by atoms with van der Waals surface area (Å²) in [6, 6.07) is 10.9. The number of esters is 1. The first-order chi connectivity index (χ1) is 17.4. The number of ether oxygens (including phenoxy) is 4. The van der Waals surface area contributed by atoms with E-state index >= 15 is 0 Å². The summed E-state index contributed by atoms with van der Waals surface area (Å²) < 4.78 is 52.8. The molecule has 0 spiro atoms. The SMILES string of the molecule is CCOc1ccccc1COC(=O)c1nc(-c2ccc(OC(F)F)c(OCC3CC3)c2)oc1[C@H](C)N. The summed E-state index contributed by atoms with van der Waals surface area (Å²) in [5.41, 5.74) is 7.06. The molecule has 0 radical (unpaired) electrons. The molecule has 192 valence electrons. The predicted octanol–water partition coefficient (Wildman–Crippen LogP) is 5.51. The molecule has 1 aliphatic carbocycles. The van der Waals surface area contributed by atoms with Gasteiger partial charge in [-0.25, -0.2) is 9.78 Å². The van der Waals surface area contributed by atoms with Gasteiger partial charge in [0.05, 0.1) is 19.3 Å². The van der Waals surface area contributed by atoms with Crippen LogP contribution in [0.1, 0.15) is 54.5 Å². The van der Waals surface area contributed by atoms with Gasteiger partial charge in [-0.2, -0.15) is 8.78 Å². The number of benzene rings is 2. The maximum atomic E-state index is 12.9. The Labute approximate surface area is 207 Å². The normalized spacial score (nSPS) is 13.9. The van der Waals surface area contributed by atoms with Gasteiger partial charge < -0.3 is 29.1 Å². The lowest BCUT2D eigenvalue weighted by atomic mass is 10.2. The van der Waals surface area contributed by atoms with Crippen molar-refractivity contribution in [1.29, 1.82) is 0 Å². The average Bonchev–Trinajstić information content (AvgIpc) is 3.57. The van der Waals surface area contributed by atoms with Gasteiger partial charge in [0, 0.05) is 11.1 Å². The van der Waals surface area contributed by atoms with E-state index in [0.29, 0.717) is 36.0 Å². The number of para-hydroxylation sites is 1. The highest BCUT2D eigenvalue weighted by Gasteiger charge is 2.27. The number of carbonyl (C=O) groups excluding carboxylic acids is 1. The lowest BCUT2D eigenvalue weighted by molar-refractivity contribution is -0.0515. The van der Waals surface area contributed by atoms with Crippen LogP contribution in [0.4, 0.5) is 8.78 Å². The van der Waals surface area contributed by atoms with Crippen LogP contribution < -0.4 is 19.9 Å². The molecule has 0 saturated heterocycles. The fourth-order valence-electron chi connectivity index (χ4n) is 3.48. The summed E-state index contributed by atoms with van der Waals surface area (Å²) in [4.78, 5) is 17.2. The van der Waals surface area contributed by atoms with E-state index in [1.54, 1.807) is 19.1 Å². The highest BCUT2D eigenvalue weighted by atomic mass is 19.3. The van der Waals surface area contributed by atoms with Crippen LogP contribution in [0.25, 0.3) is 11.5 Å². The molecule has 0 aliphatic heterocycles. The number of aromatic nitrogens is 1. The second-order valence-corrected chi connectivity index (χ2v) is 8.43. The highest BCUT2D eigenvalue weighted by Crippen LogP contribution is 2.37. The number of hydrogen-bond donors (Lipinski definition) is 1. The van der Waals surface area contributed by atoms with Crippen LogP contribution in [-0.2, 0) is 11.3 Å². The molecular formula is C26H28F2N2O6. The first-order valence-corrected chi connectivity index (χ1v) is 11.7. The lowest BCUT2D eigenvalue weighted by Crippen LogP contribution is -2.13. The minimum absolute atomic E-state index is 0.0333. The Morgan fingerprint density at radius 3 is 2.61 bits per heavy atom. The third kappa shape index (κ3) is 6.31. The van der Waals surface area contributed by atoms with E-state index in [-0.39, 0.29) is 35.5 Å².